The van der Waals surface area contributed by atoms with E-state index in [1.807, 2.05) is 6.07 Å². The summed E-state index contributed by atoms with van der Waals surface area (Å²) in [5.41, 5.74) is -0.508. The number of carbonyl (C=O) groups is 2. The van der Waals surface area contributed by atoms with Gasteiger partial charge in [-0.25, -0.2) is 0 Å². The molecule has 0 aliphatic rings. The number of carboxylic acid groups (broad SMARTS) is 2. The minimum absolute atomic E-state index is 0.0359. The molecular formula is C17H14O4-2. The highest BCUT2D eigenvalue weighted by molar-refractivity contribution is 5.85. The van der Waals surface area contributed by atoms with E-state index in [1.54, 1.807) is 54.6 Å². The van der Waals surface area contributed by atoms with Crippen molar-refractivity contribution in [2.45, 2.75) is 18.3 Å². The number of hydrogen-bond donors (Lipinski definition) is 0. The molecule has 0 spiro atoms. The maximum atomic E-state index is 11.8. The van der Waals surface area contributed by atoms with Crippen LogP contribution in [0, 0.1) is 0 Å². The number of carboxylic acids is 2. The molecule has 0 amide bonds. The van der Waals surface area contributed by atoms with Crippen molar-refractivity contribution in [1.29, 1.82) is 0 Å². The van der Waals surface area contributed by atoms with Crippen LogP contribution in [0.3, 0.4) is 0 Å². The monoisotopic (exact) mass is 282 g/mol. The molecule has 0 radical (unpaired) electrons. The quantitative estimate of drug-likeness (QED) is 0.750. The lowest BCUT2D eigenvalue weighted by Gasteiger charge is -2.36. The Labute approximate surface area is 122 Å². The van der Waals surface area contributed by atoms with Crippen LogP contribution in [0.15, 0.2) is 60.7 Å². The molecule has 1 unspecified atom stereocenters. The Kier molecular flexibility index (Phi) is 4.38. The van der Waals surface area contributed by atoms with Crippen molar-refractivity contribution < 1.29 is 19.8 Å². The molecule has 4 nitrogen and oxygen atoms in total. The molecule has 2 aromatic rings. The Hall–Kier alpha value is -2.62. The second-order valence-corrected chi connectivity index (χ2v) is 4.95. The first-order valence-electron chi connectivity index (χ1n) is 6.55. The van der Waals surface area contributed by atoms with Crippen molar-refractivity contribution in [2.24, 2.45) is 0 Å². The van der Waals surface area contributed by atoms with Gasteiger partial charge in [0.05, 0.1) is 5.97 Å². The van der Waals surface area contributed by atoms with Crippen LogP contribution < -0.4 is 10.2 Å². The highest BCUT2D eigenvalue weighted by Crippen LogP contribution is 2.31. The van der Waals surface area contributed by atoms with Gasteiger partial charge in [0, 0.05) is 17.8 Å². The zero-order valence-corrected chi connectivity index (χ0v) is 11.3. The van der Waals surface area contributed by atoms with Crippen molar-refractivity contribution in [3.63, 3.8) is 0 Å². The lowest BCUT2D eigenvalue weighted by molar-refractivity contribution is -0.323. The molecule has 0 aliphatic carbocycles. The van der Waals surface area contributed by atoms with Crippen LogP contribution in [0.4, 0.5) is 0 Å². The average molecular weight is 282 g/mol. The van der Waals surface area contributed by atoms with Gasteiger partial charge in [0.15, 0.2) is 0 Å². The highest BCUT2D eigenvalue weighted by atomic mass is 16.4. The van der Waals surface area contributed by atoms with Crippen LogP contribution in [0.25, 0.3) is 0 Å². The minimum atomic E-state index is -1.64. The minimum Gasteiger partial charge on any atom is -0.550 e. The summed E-state index contributed by atoms with van der Waals surface area (Å²) in [4.78, 5) is 22.8. The Bertz CT molecular complexity index is 622. The summed E-state index contributed by atoms with van der Waals surface area (Å²) < 4.78 is 0. The van der Waals surface area contributed by atoms with Gasteiger partial charge < -0.3 is 19.8 Å². The van der Waals surface area contributed by atoms with Gasteiger partial charge in [-0.2, -0.15) is 0 Å². The van der Waals surface area contributed by atoms with E-state index in [9.17, 15) is 19.8 Å². The summed E-state index contributed by atoms with van der Waals surface area (Å²) in [5, 5.41) is 22.8. The van der Waals surface area contributed by atoms with Gasteiger partial charge >= 0.3 is 0 Å². The first-order chi connectivity index (χ1) is 10.0. The number of rotatable bonds is 6. The van der Waals surface area contributed by atoms with Crippen molar-refractivity contribution in [3.05, 3.63) is 71.8 Å². The molecule has 0 aromatic heterocycles. The van der Waals surface area contributed by atoms with Crippen molar-refractivity contribution in [2.75, 3.05) is 0 Å². The summed E-state index contributed by atoms with van der Waals surface area (Å²) in [5.74, 6) is -2.83. The first kappa shape index (κ1) is 14.8. The second-order valence-electron chi connectivity index (χ2n) is 4.95. The Morgan fingerprint density at radius 1 is 0.857 bits per heavy atom. The van der Waals surface area contributed by atoms with E-state index in [1.165, 1.54) is 0 Å². The molecule has 2 aromatic carbocycles. The zero-order valence-electron chi connectivity index (χ0n) is 11.3. The fraction of sp³-hybridized carbons (Fsp3) is 0.176. The van der Waals surface area contributed by atoms with Crippen molar-refractivity contribution >= 4 is 11.9 Å². The molecule has 0 bridgehead atoms. The van der Waals surface area contributed by atoms with E-state index < -0.39 is 23.8 Å². The largest absolute Gasteiger partial charge is 0.550 e. The molecule has 0 heterocycles. The maximum Gasteiger partial charge on any atom is 0.0527 e. The van der Waals surface area contributed by atoms with E-state index in [0.717, 1.165) is 5.56 Å². The van der Waals surface area contributed by atoms with E-state index >= 15 is 0 Å². The van der Waals surface area contributed by atoms with Gasteiger partial charge in [0.25, 0.3) is 0 Å². The Balaban J connectivity index is 2.51. The van der Waals surface area contributed by atoms with Gasteiger partial charge in [-0.3, -0.25) is 0 Å². The van der Waals surface area contributed by atoms with Gasteiger partial charge in [-0.05, 0) is 17.5 Å². The molecule has 1 atom stereocenters. The SMILES string of the molecule is O=C([O-])CC(Cc1ccccc1)(C(=O)[O-])c1ccccc1. The van der Waals surface area contributed by atoms with Gasteiger partial charge in [-0.15, -0.1) is 0 Å². The third-order valence-corrected chi connectivity index (χ3v) is 3.51. The molecule has 0 fully saturated rings. The number of aliphatic carboxylic acids is 2. The van der Waals surface area contributed by atoms with Gasteiger partial charge in [-0.1, -0.05) is 60.7 Å². The van der Waals surface area contributed by atoms with Gasteiger partial charge in [0.2, 0.25) is 0 Å². The average Bonchev–Trinajstić information content (AvgIpc) is 2.48. The normalized spacial score (nSPS) is 13.3. The van der Waals surface area contributed by atoms with E-state index in [-0.39, 0.29) is 6.42 Å². The molecule has 21 heavy (non-hydrogen) atoms. The molecule has 0 saturated carbocycles. The van der Waals surface area contributed by atoms with Crippen molar-refractivity contribution in [1.82, 2.24) is 0 Å². The predicted octanol–water partition coefficient (Wildman–Crippen LogP) is 0.0570. The van der Waals surface area contributed by atoms with E-state index in [4.69, 9.17) is 0 Å². The maximum absolute atomic E-state index is 11.8. The van der Waals surface area contributed by atoms with Crippen LogP contribution in [-0.2, 0) is 21.4 Å². The third-order valence-electron chi connectivity index (χ3n) is 3.51. The number of hydrogen-bond acceptors (Lipinski definition) is 4. The summed E-state index contributed by atoms with van der Waals surface area (Å²) in [7, 11) is 0. The van der Waals surface area contributed by atoms with Crippen LogP contribution >= 0.6 is 0 Å². The van der Waals surface area contributed by atoms with Crippen LogP contribution in [0.5, 0.6) is 0 Å². The van der Waals surface area contributed by atoms with Crippen molar-refractivity contribution in [3.8, 4) is 0 Å². The molecular weight excluding hydrogens is 268 g/mol. The van der Waals surface area contributed by atoms with Crippen LogP contribution in [0.2, 0.25) is 0 Å². The van der Waals surface area contributed by atoms with Gasteiger partial charge in [0.1, 0.15) is 0 Å². The lowest BCUT2D eigenvalue weighted by Crippen LogP contribution is -2.50. The fourth-order valence-electron chi connectivity index (χ4n) is 2.48. The molecule has 4 heteroatoms. The summed E-state index contributed by atoms with van der Waals surface area (Å²) in [6, 6.07) is 17.2. The number of carbonyl (C=O) groups excluding carboxylic acids is 2. The molecule has 0 saturated heterocycles. The third kappa shape index (κ3) is 3.28. The molecule has 108 valence electrons. The highest BCUT2D eigenvalue weighted by Gasteiger charge is 2.34. The summed E-state index contributed by atoms with van der Waals surface area (Å²) in [6.07, 6.45) is -0.595. The summed E-state index contributed by atoms with van der Waals surface area (Å²) >= 11 is 0. The van der Waals surface area contributed by atoms with Crippen LogP contribution in [0.1, 0.15) is 17.5 Å². The second kappa shape index (κ2) is 6.22. The lowest BCUT2D eigenvalue weighted by atomic mass is 9.73. The molecule has 0 N–H and O–H groups in total. The van der Waals surface area contributed by atoms with E-state index in [0.29, 0.717) is 5.56 Å². The molecule has 2 rings (SSSR count). The first-order valence-corrected chi connectivity index (χ1v) is 6.55. The summed E-state index contributed by atoms with van der Waals surface area (Å²) in [6.45, 7) is 0. The number of benzene rings is 2. The topological polar surface area (TPSA) is 80.3 Å². The predicted molar refractivity (Wildman–Crippen MR) is 72.9 cm³/mol. The van der Waals surface area contributed by atoms with E-state index in [2.05, 4.69) is 0 Å². The zero-order chi connectivity index (χ0) is 15.3. The Morgan fingerprint density at radius 2 is 1.38 bits per heavy atom. The Morgan fingerprint density at radius 3 is 1.86 bits per heavy atom. The standard InChI is InChI=1S/C17H16O4/c18-15(19)12-17(16(20)21,14-9-5-2-6-10-14)11-13-7-3-1-4-8-13/h1-10H,11-12H2,(H,18,19)(H,20,21)/p-2. The smallest absolute Gasteiger partial charge is 0.0527 e. The molecule has 0 aliphatic heterocycles. The van der Waals surface area contributed by atoms with Crippen LogP contribution in [-0.4, -0.2) is 11.9 Å². The fourth-order valence-corrected chi connectivity index (χ4v) is 2.48.